The van der Waals surface area contributed by atoms with Crippen molar-refractivity contribution in [3.8, 4) is 11.5 Å². The molecule has 0 unspecified atom stereocenters. The van der Waals surface area contributed by atoms with Crippen molar-refractivity contribution < 1.29 is 9.47 Å². The maximum absolute atomic E-state index is 5.67. The predicted molar refractivity (Wildman–Crippen MR) is 68.1 cm³/mol. The third-order valence-corrected chi connectivity index (χ3v) is 1.94. The molecule has 0 aliphatic heterocycles. The smallest absolute Gasteiger partial charge is 0.127 e. The van der Waals surface area contributed by atoms with Crippen LogP contribution in [-0.2, 0) is 0 Å². The molecule has 1 aromatic carbocycles. The van der Waals surface area contributed by atoms with Crippen LogP contribution in [0.2, 0.25) is 0 Å². The first-order valence-electron chi connectivity index (χ1n) is 5.62. The molecule has 2 heteroatoms. The minimum Gasteiger partial charge on any atom is -0.491 e. The summed E-state index contributed by atoms with van der Waals surface area (Å²) in [6, 6.07) is 5.80. The molecule has 16 heavy (non-hydrogen) atoms. The number of hydrogen-bond donors (Lipinski definition) is 0. The maximum atomic E-state index is 5.67. The van der Waals surface area contributed by atoms with Gasteiger partial charge in [-0.1, -0.05) is 12.7 Å². The van der Waals surface area contributed by atoms with E-state index in [4.69, 9.17) is 9.47 Å². The van der Waals surface area contributed by atoms with Gasteiger partial charge >= 0.3 is 0 Å². The Hall–Kier alpha value is -1.44. The third kappa shape index (κ3) is 3.61. The Bertz CT molecular complexity index is 354. The van der Waals surface area contributed by atoms with E-state index in [1.807, 2.05) is 45.9 Å². The van der Waals surface area contributed by atoms with E-state index < -0.39 is 0 Å². The second-order valence-electron chi connectivity index (χ2n) is 4.24. The van der Waals surface area contributed by atoms with Crippen LogP contribution >= 0.6 is 0 Å². The van der Waals surface area contributed by atoms with Gasteiger partial charge in [-0.25, -0.2) is 0 Å². The van der Waals surface area contributed by atoms with Gasteiger partial charge < -0.3 is 9.47 Å². The highest BCUT2D eigenvalue weighted by Gasteiger charge is 2.06. The van der Waals surface area contributed by atoms with E-state index in [1.54, 1.807) is 6.08 Å². The second-order valence-corrected chi connectivity index (χ2v) is 4.24. The van der Waals surface area contributed by atoms with Crippen LogP contribution in [0.5, 0.6) is 11.5 Å². The van der Waals surface area contributed by atoms with Gasteiger partial charge in [0.15, 0.2) is 0 Å². The molecule has 0 radical (unpaired) electrons. The first-order valence-corrected chi connectivity index (χ1v) is 5.62. The van der Waals surface area contributed by atoms with Gasteiger partial charge in [-0.2, -0.15) is 0 Å². The normalized spacial score (nSPS) is 10.6. The van der Waals surface area contributed by atoms with Gasteiger partial charge in [-0.3, -0.25) is 0 Å². The fourth-order valence-electron chi connectivity index (χ4n) is 1.39. The summed E-state index contributed by atoms with van der Waals surface area (Å²) in [4.78, 5) is 0. The Morgan fingerprint density at radius 2 is 1.69 bits per heavy atom. The van der Waals surface area contributed by atoms with Crippen molar-refractivity contribution in [2.24, 2.45) is 0 Å². The van der Waals surface area contributed by atoms with Gasteiger partial charge in [0, 0.05) is 5.56 Å². The van der Waals surface area contributed by atoms with E-state index in [-0.39, 0.29) is 12.2 Å². The zero-order valence-corrected chi connectivity index (χ0v) is 10.5. The van der Waals surface area contributed by atoms with E-state index in [1.165, 1.54) is 0 Å². The third-order valence-electron chi connectivity index (χ3n) is 1.94. The highest BCUT2D eigenvalue weighted by atomic mass is 16.5. The number of hydrogen-bond acceptors (Lipinski definition) is 2. The average Bonchev–Trinajstić information content (AvgIpc) is 2.18. The van der Waals surface area contributed by atoms with E-state index in [9.17, 15) is 0 Å². The summed E-state index contributed by atoms with van der Waals surface area (Å²) in [7, 11) is 0. The van der Waals surface area contributed by atoms with Crippen LogP contribution in [0.25, 0.3) is 6.08 Å². The van der Waals surface area contributed by atoms with Gasteiger partial charge in [-0.05, 0) is 45.9 Å². The minimum absolute atomic E-state index is 0.163. The largest absolute Gasteiger partial charge is 0.491 e. The van der Waals surface area contributed by atoms with Crippen LogP contribution < -0.4 is 9.47 Å². The van der Waals surface area contributed by atoms with Crippen LogP contribution in [0.1, 0.15) is 33.3 Å². The molecule has 0 spiro atoms. The molecule has 2 nitrogen and oxygen atoms in total. The van der Waals surface area contributed by atoms with Crippen molar-refractivity contribution in [1.29, 1.82) is 0 Å². The van der Waals surface area contributed by atoms with Crippen molar-refractivity contribution in [2.45, 2.75) is 39.9 Å². The molecule has 0 saturated heterocycles. The van der Waals surface area contributed by atoms with Gasteiger partial charge in [0.1, 0.15) is 11.5 Å². The summed E-state index contributed by atoms with van der Waals surface area (Å²) in [5.41, 5.74) is 0.965. The summed E-state index contributed by atoms with van der Waals surface area (Å²) in [5.74, 6) is 1.70. The molecule has 0 amide bonds. The van der Waals surface area contributed by atoms with E-state index in [0.717, 1.165) is 17.1 Å². The molecule has 0 saturated carbocycles. The monoisotopic (exact) mass is 220 g/mol. The van der Waals surface area contributed by atoms with Gasteiger partial charge in [0.05, 0.1) is 12.2 Å². The molecule has 0 N–H and O–H groups in total. The lowest BCUT2D eigenvalue weighted by Crippen LogP contribution is -2.08. The zero-order chi connectivity index (χ0) is 12.1. The molecular weight excluding hydrogens is 200 g/mol. The summed E-state index contributed by atoms with van der Waals surface area (Å²) in [6.07, 6.45) is 2.12. The lowest BCUT2D eigenvalue weighted by atomic mass is 10.2. The van der Waals surface area contributed by atoms with E-state index in [2.05, 4.69) is 6.58 Å². The van der Waals surface area contributed by atoms with Gasteiger partial charge in [0.2, 0.25) is 0 Å². The maximum Gasteiger partial charge on any atom is 0.127 e. The minimum atomic E-state index is 0.163. The highest BCUT2D eigenvalue weighted by molar-refractivity contribution is 5.58. The second kappa shape index (κ2) is 5.59. The van der Waals surface area contributed by atoms with Crippen LogP contribution in [0.3, 0.4) is 0 Å². The quantitative estimate of drug-likeness (QED) is 0.749. The molecule has 0 heterocycles. The van der Waals surface area contributed by atoms with Crippen molar-refractivity contribution in [3.05, 3.63) is 30.3 Å². The number of rotatable bonds is 5. The van der Waals surface area contributed by atoms with Crippen LogP contribution in [0.15, 0.2) is 24.8 Å². The molecule has 0 fully saturated rings. The Kier molecular flexibility index (Phi) is 4.41. The van der Waals surface area contributed by atoms with Crippen molar-refractivity contribution in [3.63, 3.8) is 0 Å². The average molecular weight is 220 g/mol. The summed E-state index contributed by atoms with van der Waals surface area (Å²) in [6.45, 7) is 11.8. The zero-order valence-electron chi connectivity index (χ0n) is 10.5. The van der Waals surface area contributed by atoms with Crippen molar-refractivity contribution >= 4 is 6.08 Å². The topological polar surface area (TPSA) is 18.5 Å². The van der Waals surface area contributed by atoms with Crippen LogP contribution in [0, 0.1) is 0 Å². The lowest BCUT2D eigenvalue weighted by molar-refractivity contribution is 0.234. The summed E-state index contributed by atoms with van der Waals surface area (Å²) < 4.78 is 11.3. The summed E-state index contributed by atoms with van der Waals surface area (Å²) in [5, 5.41) is 0. The fraction of sp³-hybridized carbons (Fsp3) is 0.429. The van der Waals surface area contributed by atoms with Crippen LogP contribution in [0.4, 0.5) is 0 Å². The highest BCUT2D eigenvalue weighted by Crippen LogP contribution is 2.26. The van der Waals surface area contributed by atoms with E-state index in [0.29, 0.717) is 0 Å². The molecule has 1 rings (SSSR count). The van der Waals surface area contributed by atoms with Crippen molar-refractivity contribution in [1.82, 2.24) is 0 Å². The predicted octanol–water partition coefficient (Wildman–Crippen LogP) is 3.90. The lowest BCUT2D eigenvalue weighted by Gasteiger charge is -2.15. The van der Waals surface area contributed by atoms with Gasteiger partial charge in [-0.15, -0.1) is 0 Å². The Morgan fingerprint density at radius 1 is 1.06 bits per heavy atom. The molecule has 0 bridgehead atoms. The Labute approximate surface area is 97.9 Å². The molecule has 0 aliphatic rings. The standard InChI is InChI=1S/C14H20O2/c1-6-12-9-13(15-10(2)3)7-8-14(12)16-11(4)5/h6-11H,1H2,2-5H3. The molecule has 88 valence electrons. The SMILES string of the molecule is C=Cc1cc(OC(C)C)ccc1OC(C)C. The molecular formula is C14H20O2. The summed E-state index contributed by atoms with van der Waals surface area (Å²) >= 11 is 0. The first-order chi connectivity index (χ1) is 7.52. The first kappa shape index (κ1) is 12.6. The van der Waals surface area contributed by atoms with Gasteiger partial charge in [0.25, 0.3) is 0 Å². The fourth-order valence-corrected chi connectivity index (χ4v) is 1.39. The van der Waals surface area contributed by atoms with Crippen LogP contribution in [-0.4, -0.2) is 12.2 Å². The molecule has 0 aliphatic carbocycles. The van der Waals surface area contributed by atoms with Crippen molar-refractivity contribution in [2.75, 3.05) is 0 Å². The Balaban J connectivity index is 2.92. The molecule has 1 aromatic rings. The molecule has 0 atom stereocenters. The van der Waals surface area contributed by atoms with E-state index >= 15 is 0 Å². The Morgan fingerprint density at radius 3 is 2.19 bits per heavy atom. The molecule has 0 aromatic heterocycles. The number of ether oxygens (including phenoxy) is 2. The number of benzene rings is 1.